The molecule has 0 spiro atoms. The van der Waals surface area contributed by atoms with Gasteiger partial charge in [-0.25, -0.2) is 0 Å². The molecule has 0 aliphatic rings. The Kier molecular flexibility index (Phi) is 5.73. The molecule has 0 radical (unpaired) electrons. The molecule has 12 heteroatoms. The Morgan fingerprint density at radius 1 is 1.31 bits per heavy atom. The first-order valence-corrected chi connectivity index (χ1v) is 9.03. The van der Waals surface area contributed by atoms with Gasteiger partial charge in [0.2, 0.25) is 11.0 Å². The maximum absolute atomic E-state index is 12.2. The molecule has 2 aromatic heterocycles. The molecule has 0 fully saturated rings. The first-order chi connectivity index (χ1) is 12.5. The Morgan fingerprint density at radius 2 is 2.08 bits per heavy atom. The number of halogens is 2. The summed E-state index contributed by atoms with van der Waals surface area (Å²) in [6.45, 7) is -2.87. The van der Waals surface area contributed by atoms with Gasteiger partial charge in [0.1, 0.15) is 11.3 Å². The number of thioether (sulfide) groups is 1. The number of nitrogens with one attached hydrogen (secondary N) is 1. The molecule has 1 amide bonds. The van der Waals surface area contributed by atoms with E-state index in [1.165, 1.54) is 40.7 Å². The van der Waals surface area contributed by atoms with Gasteiger partial charge in [-0.2, -0.15) is 8.78 Å². The maximum atomic E-state index is 12.2. The summed E-state index contributed by atoms with van der Waals surface area (Å²) in [7, 11) is 1.75. The second kappa shape index (κ2) is 8.19. The lowest BCUT2D eigenvalue weighted by Gasteiger charge is -2.06. The third-order valence-electron chi connectivity index (χ3n) is 3.11. The topological polar surface area (TPSA) is 94.8 Å². The van der Waals surface area contributed by atoms with Crippen molar-refractivity contribution in [2.75, 3.05) is 11.1 Å². The van der Waals surface area contributed by atoms with E-state index in [4.69, 9.17) is 0 Å². The summed E-state index contributed by atoms with van der Waals surface area (Å²) < 4.78 is 30.4. The highest BCUT2D eigenvalue weighted by molar-refractivity contribution is 7.99. The van der Waals surface area contributed by atoms with Gasteiger partial charge in [-0.15, -0.1) is 20.4 Å². The lowest BCUT2D eigenvalue weighted by Crippen LogP contribution is -2.14. The van der Waals surface area contributed by atoms with E-state index in [-0.39, 0.29) is 17.4 Å². The van der Waals surface area contributed by atoms with Crippen molar-refractivity contribution in [1.82, 2.24) is 25.0 Å². The molecule has 3 aromatic rings. The summed E-state index contributed by atoms with van der Waals surface area (Å²) in [6, 6.07) is 6.08. The van der Waals surface area contributed by atoms with E-state index in [0.29, 0.717) is 21.7 Å². The van der Waals surface area contributed by atoms with Crippen LogP contribution in [-0.2, 0) is 11.8 Å². The summed E-state index contributed by atoms with van der Waals surface area (Å²) in [5.74, 6) is 0.506. The molecule has 0 atom stereocenters. The summed E-state index contributed by atoms with van der Waals surface area (Å²) in [5.41, 5.74) is 2.21. The second-order valence-corrected chi connectivity index (χ2v) is 6.62. The number of hydrogen-bond donors (Lipinski definition) is 1. The predicted molar refractivity (Wildman–Crippen MR) is 92.3 cm³/mol. The van der Waals surface area contributed by atoms with Gasteiger partial charge in [0, 0.05) is 12.6 Å². The number of carbonyl (C=O) groups is 1. The van der Waals surface area contributed by atoms with Crippen LogP contribution >= 0.6 is 23.1 Å². The Hall–Kier alpha value is -2.60. The third-order valence-corrected chi connectivity index (χ3v) is 4.74. The van der Waals surface area contributed by atoms with Crippen LogP contribution in [0.2, 0.25) is 0 Å². The van der Waals surface area contributed by atoms with Crippen molar-refractivity contribution in [3.63, 3.8) is 0 Å². The van der Waals surface area contributed by atoms with E-state index in [1.54, 1.807) is 23.7 Å². The van der Waals surface area contributed by atoms with Gasteiger partial charge in [0.25, 0.3) is 0 Å². The van der Waals surface area contributed by atoms with Crippen molar-refractivity contribution in [1.29, 1.82) is 0 Å². The molecule has 0 unspecified atom stereocenters. The molecule has 8 nitrogen and oxygen atoms in total. The van der Waals surface area contributed by atoms with Gasteiger partial charge in [-0.3, -0.25) is 10.1 Å². The van der Waals surface area contributed by atoms with Crippen LogP contribution in [-0.4, -0.2) is 43.2 Å². The molecular formula is C14H12F2N6O2S2. The quantitative estimate of drug-likeness (QED) is 0.612. The first kappa shape index (κ1) is 18.2. The van der Waals surface area contributed by atoms with Gasteiger partial charge in [-0.05, 0) is 24.3 Å². The van der Waals surface area contributed by atoms with Crippen LogP contribution in [0.3, 0.4) is 0 Å². The van der Waals surface area contributed by atoms with E-state index in [1.807, 2.05) is 0 Å². The summed E-state index contributed by atoms with van der Waals surface area (Å²) >= 11 is 2.44. The Labute approximate surface area is 154 Å². The van der Waals surface area contributed by atoms with Gasteiger partial charge in [-0.1, -0.05) is 23.1 Å². The van der Waals surface area contributed by atoms with Crippen molar-refractivity contribution in [2.24, 2.45) is 7.05 Å². The number of alkyl halides is 2. The molecule has 2 heterocycles. The standard InChI is InChI=1S/C14H12F2N6O2S2/c1-22-11(8-2-4-9(5-3-8)24-12(15)16)19-21-14(22)25-6-10(23)18-13-20-17-7-26-13/h2-5,7,12H,6H2,1H3,(H,18,20,23). The van der Waals surface area contributed by atoms with Gasteiger partial charge in [0.05, 0.1) is 5.75 Å². The zero-order chi connectivity index (χ0) is 18.5. The molecule has 1 N–H and O–H groups in total. The summed E-state index contributed by atoms with van der Waals surface area (Å²) in [5, 5.41) is 19.1. The molecule has 0 saturated heterocycles. The fraction of sp³-hybridized carbons (Fsp3) is 0.214. The molecular weight excluding hydrogens is 386 g/mol. The highest BCUT2D eigenvalue weighted by atomic mass is 32.2. The number of hydrogen-bond acceptors (Lipinski definition) is 8. The van der Waals surface area contributed by atoms with Crippen molar-refractivity contribution < 1.29 is 18.3 Å². The highest BCUT2D eigenvalue weighted by Crippen LogP contribution is 2.25. The van der Waals surface area contributed by atoms with Gasteiger partial charge in [0.15, 0.2) is 11.0 Å². The molecule has 1 aromatic carbocycles. The highest BCUT2D eigenvalue weighted by Gasteiger charge is 2.14. The zero-order valence-electron chi connectivity index (χ0n) is 13.3. The normalized spacial score (nSPS) is 10.9. The van der Waals surface area contributed by atoms with Crippen LogP contribution in [0.15, 0.2) is 34.9 Å². The Balaban J connectivity index is 1.63. The van der Waals surface area contributed by atoms with Crippen LogP contribution in [0.25, 0.3) is 11.4 Å². The predicted octanol–water partition coefficient (Wildman–Crippen LogP) is 2.67. The number of benzene rings is 1. The first-order valence-electron chi connectivity index (χ1n) is 7.16. The Bertz CT molecular complexity index is 870. The largest absolute Gasteiger partial charge is 0.435 e. The second-order valence-electron chi connectivity index (χ2n) is 4.85. The third kappa shape index (κ3) is 4.52. The average Bonchev–Trinajstić information content (AvgIpc) is 3.23. The molecule has 3 rings (SSSR count). The monoisotopic (exact) mass is 398 g/mol. The smallest absolute Gasteiger partial charge is 0.387 e. The van der Waals surface area contributed by atoms with Gasteiger partial charge >= 0.3 is 6.61 Å². The number of rotatable bonds is 7. The van der Waals surface area contributed by atoms with Crippen molar-refractivity contribution in [3.8, 4) is 17.1 Å². The fourth-order valence-corrected chi connectivity index (χ4v) is 3.16. The minimum absolute atomic E-state index is 0.0638. The number of amides is 1. The zero-order valence-corrected chi connectivity index (χ0v) is 14.9. The molecule has 0 aliphatic carbocycles. The molecule has 26 heavy (non-hydrogen) atoms. The molecule has 0 aliphatic heterocycles. The maximum Gasteiger partial charge on any atom is 0.387 e. The fourth-order valence-electron chi connectivity index (χ4n) is 1.99. The number of carbonyl (C=O) groups excluding carboxylic acids is 1. The number of ether oxygens (including phenoxy) is 1. The number of aromatic nitrogens is 5. The average molecular weight is 398 g/mol. The number of nitrogens with zero attached hydrogens (tertiary/aromatic N) is 5. The van der Waals surface area contributed by atoms with E-state index < -0.39 is 6.61 Å². The van der Waals surface area contributed by atoms with E-state index in [2.05, 4.69) is 30.4 Å². The van der Waals surface area contributed by atoms with Crippen LogP contribution in [0.1, 0.15) is 0 Å². The van der Waals surface area contributed by atoms with Crippen LogP contribution in [0, 0.1) is 0 Å². The van der Waals surface area contributed by atoms with Crippen molar-refractivity contribution >= 4 is 34.1 Å². The van der Waals surface area contributed by atoms with Gasteiger partial charge < -0.3 is 9.30 Å². The summed E-state index contributed by atoms with van der Waals surface area (Å²) in [4.78, 5) is 11.9. The Morgan fingerprint density at radius 3 is 2.73 bits per heavy atom. The lowest BCUT2D eigenvalue weighted by molar-refractivity contribution is -0.113. The van der Waals surface area contributed by atoms with Crippen molar-refractivity contribution in [3.05, 3.63) is 29.8 Å². The molecule has 0 bridgehead atoms. The molecule has 0 saturated carbocycles. The van der Waals surface area contributed by atoms with E-state index in [9.17, 15) is 13.6 Å². The van der Waals surface area contributed by atoms with Crippen LogP contribution in [0.5, 0.6) is 5.75 Å². The van der Waals surface area contributed by atoms with Crippen LogP contribution in [0.4, 0.5) is 13.9 Å². The van der Waals surface area contributed by atoms with Crippen LogP contribution < -0.4 is 10.1 Å². The van der Waals surface area contributed by atoms with E-state index >= 15 is 0 Å². The lowest BCUT2D eigenvalue weighted by atomic mass is 10.2. The SMILES string of the molecule is Cn1c(SCC(=O)Nc2nncs2)nnc1-c1ccc(OC(F)F)cc1. The number of anilines is 1. The minimum Gasteiger partial charge on any atom is -0.435 e. The minimum atomic E-state index is -2.87. The van der Waals surface area contributed by atoms with Crippen molar-refractivity contribution in [2.45, 2.75) is 11.8 Å². The van der Waals surface area contributed by atoms with E-state index in [0.717, 1.165) is 0 Å². The summed E-state index contributed by atoms with van der Waals surface area (Å²) in [6.07, 6.45) is 0. The molecule has 136 valence electrons.